The molecule has 0 bridgehead atoms. The van der Waals surface area contributed by atoms with Crippen LogP contribution in [-0.2, 0) is 19.1 Å². The van der Waals surface area contributed by atoms with Crippen molar-refractivity contribution in [2.75, 3.05) is 13.2 Å². The van der Waals surface area contributed by atoms with Gasteiger partial charge in [0.2, 0.25) is 0 Å². The van der Waals surface area contributed by atoms with Crippen LogP contribution < -0.4 is 0 Å². The highest BCUT2D eigenvalue weighted by atomic mass is 16.5. The highest BCUT2D eigenvalue weighted by Crippen LogP contribution is 2.32. The summed E-state index contributed by atoms with van der Waals surface area (Å²) in [6, 6.07) is 0. The molecule has 1 rings (SSSR count). The average Bonchev–Trinajstić information content (AvgIpc) is 2.27. The molecule has 0 aliphatic heterocycles. The maximum atomic E-state index is 10.8. The van der Waals surface area contributed by atoms with Crippen LogP contribution in [0.2, 0.25) is 0 Å². The second-order valence-electron chi connectivity index (χ2n) is 4.74. The van der Waals surface area contributed by atoms with Gasteiger partial charge in [0.1, 0.15) is 0 Å². The molecule has 1 aliphatic carbocycles. The highest BCUT2D eigenvalue weighted by Gasteiger charge is 2.25. The first-order valence-electron chi connectivity index (χ1n) is 6.36. The van der Waals surface area contributed by atoms with Gasteiger partial charge in [0.15, 0.2) is 0 Å². The van der Waals surface area contributed by atoms with Crippen LogP contribution in [0.5, 0.6) is 0 Å². The minimum atomic E-state index is -0.225. The van der Waals surface area contributed by atoms with Gasteiger partial charge >= 0.3 is 11.9 Å². The third kappa shape index (κ3) is 5.71. The summed E-state index contributed by atoms with van der Waals surface area (Å²) in [5.41, 5.74) is 0. The zero-order valence-electron chi connectivity index (χ0n) is 10.7. The summed E-state index contributed by atoms with van der Waals surface area (Å²) < 4.78 is 10.1. The molecule has 0 radical (unpaired) electrons. The third-order valence-corrected chi connectivity index (χ3v) is 3.36. The Hall–Kier alpha value is -1.06. The molecule has 1 aliphatic rings. The van der Waals surface area contributed by atoms with E-state index < -0.39 is 0 Å². The Morgan fingerprint density at radius 3 is 2.18 bits per heavy atom. The first-order valence-corrected chi connectivity index (χ1v) is 6.36. The fraction of sp³-hybridized carbons (Fsp3) is 0.846. The lowest BCUT2D eigenvalue weighted by Gasteiger charge is -2.30. The zero-order chi connectivity index (χ0) is 12.7. The molecular weight excluding hydrogens is 220 g/mol. The smallest absolute Gasteiger partial charge is 0.302 e. The topological polar surface area (TPSA) is 52.6 Å². The standard InChI is InChI=1S/C13H22O4/c1-10(14)16-8-7-12-5-3-4-6-13(12)9-17-11(2)15/h12-13H,3-9H2,1-2H3/t12-,13+/m0/s1. The van der Waals surface area contributed by atoms with E-state index in [9.17, 15) is 9.59 Å². The second-order valence-corrected chi connectivity index (χ2v) is 4.74. The molecule has 0 aromatic carbocycles. The molecule has 0 amide bonds. The molecule has 0 aromatic heterocycles. The van der Waals surface area contributed by atoms with Crippen LogP contribution in [0.3, 0.4) is 0 Å². The zero-order valence-corrected chi connectivity index (χ0v) is 10.7. The summed E-state index contributed by atoms with van der Waals surface area (Å²) in [4.78, 5) is 21.5. The largest absolute Gasteiger partial charge is 0.466 e. The van der Waals surface area contributed by atoms with Gasteiger partial charge in [-0.3, -0.25) is 9.59 Å². The maximum absolute atomic E-state index is 10.8. The molecule has 0 aromatic rings. The number of carbonyl (C=O) groups excluding carboxylic acids is 2. The summed E-state index contributed by atoms with van der Waals surface area (Å²) in [5.74, 6) is 0.511. The predicted molar refractivity (Wildman–Crippen MR) is 63.3 cm³/mol. The van der Waals surface area contributed by atoms with Gasteiger partial charge in [-0.15, -0.1) is 0 Å². The molecule has 1 fully saturated rings. The van der Waals surface area contributed by atoms with E-state index in [4.69, 9.17) is 9.47 Å². The second kappa shape index (κ2) is 7.30. The highest BCUT2D eigenvalue weighted by molar-refractivity contribution is 5.66. The van der Waals surface area contributed by atoms with Crippen molar-refractivity contribution in [3.63, 3.8) is 0 Å². The van der Waals surface area contributed by atoms with Crippen molar-refractivity contribution in [1.82, 2.24) is 0 Å². The van der Waals surface area contributed by atoms with Gasteiger partial charge in [0, 0.05) is 13.8 Å². The van der Waals surface area contributed by atoms with E-state index in [0.29, 0.717) is 25.0 Å². The van der Waals surface area contributed by atoms with Crippen LogP contribution in [-0.4, -0.2) is 25.2 Å². The molecule has 0 N–H and O–H groups in total. The van der Waals surface area contributed by atoms with E-state index in [0.717, 1.165) is 19.3 Å². The van der Waals surface area contributed by atoms with Crippen molar-refractivity contribution in [2.24, 2.45) is 11.8 Å². The van der Waals surface area contributed by atoms with Crippen LogP contribution >= 0.6 is 0 Å². The number of ether oxygens (including phenoxy) is 2. The molecule has 0 unspecified atom stereocenters. The van der Waals surface area contributed by atoms with Crippen LogP contribution in [0.4, 0.5) is 0 Å². The molecule has 4 heteroatoms. The Morgan fingerprint density at radius 1 is 1.00 bits per heavy atom. The predicted octanol–water partition coefficient (Wildman–Crippen LogP) is 2.31. The minimum Gasteiger partial charge on any atom is -0.466 e. The first-order chi connectivity index (χ1) is 8.09. The van der Waals surface area contributed by atoms with Gasteiger partial charge < -0.3 is 9.47 Å². The Kier molecular flexibility index (Phi) is 6.01. The van der Waals surface area contributed by atoms with E-state index in [1.807, 2.05) is 0 Å². The fourth-order valence-electron chi connectivity index (χ4n) is 2.46. The van der Waals surface area contributed by atoms with Gasteiger partial charge in [-0.25, -0.2) is 0 Å². The lowest BCUT2D eigenvalue weighted by molar-refractivity contribution is -0.143. The van der Waals surface area contributed by atoms with Crippen molar-refractivity contribution in [3.8, 4) is 0 Å². The van der Waals surface area contributed by atoms with E-state index in [1.165, 1.54) is 26.7 Å². The van der Waals surface area contributed by atoms with Crippen molar-refractivity contribution < 1.29 is 19.1 Å². The summed E-state index contributed by atoms with van der Waals surface area (Å²) in [5, 5.41) is 0. The van der Waals surface area contributed by atoms with Crippen molar-refractivity contribution in [2.45, 2.75) is 46.0 Å². The summed E-state index contributed by atoms with van der Waals surface area (Å²) in [6.45, 7) is 3.87. The fourth-order valence-corrected chi connectivity index (χ4v) is 2.46. The maximum Gasteiger partial charge on any atom is 0.302 e. The van der Waals surface area contributed by atoms with Gasteiger partial charge in [-0.1, -0.05) is 12.8 Å². The molecular formula is C13H22O4. The summed E-state index contributed by atoms with van der Waals surface area (Å²) in [6.07, 6.45) is 5.56. The minimum absolute atomic E-state index is 0.214. The van der Waals surface area contributed by atoms with E-state index >= 15 is 0 Å². The number of esters is 2. The Balaban J connectivity index is 2.31. The summed E-state index contributed by atoms with van der Waals surface area (Å²) in [7, 11) is 0. The van der Waals surface area contributed by atoms with Crippen LogP contribution in [0, 0.1) is 11.8 Å². The molecule has 2 atom stereocenters. The Labute approximate surface area is 103 Å². The van der Waals surface area contributed by atoms with Gasteiger partial charge in [0.05, 0.1) is 13.2 Å². The average molecular weight is 242 g/mol. The van der Waals surface area contributed by atoms with Crippen molar-refractivity contribution >= 4 is 11.9 Å². The van der Waals surface area contributed by atoms with E-state index in [2.05, 4.69) is 0 Å². The van der Waals surface area contributed by atoms with Gasteiger partial charge in [-0.05, 0) is 31.1 Å². The first kappa shape index (κ1) is 14.0. The number of hydrogen-bond donors (Lipinski definition) is 0. The lowest BCUT2D eigenvalue weighted by Crippen LogP contribution is -2.26. The molecule has 98 valence electrons. The Morgan fingerprint density at radius 2 is 1.59 bits per heavy atom. The van der Waals surface area contributed by atoms with Gasteiger partial charge in [0.25, 0.3) is 0 Å². The van der Waals surface area contributed by atoms with Crippen molar-refractivity contribution in [3.05, 3.63) is 0 Å². The molecule has 0 heterocycles. The molecule has 17 heavy (non-hydrogen) atoms. The number of hydrogen-bond acceptors (Lipinski definition) is 4. The van der Waals surface area contributed by atoms with Crippen LogP contribution in [0.1, 0.15) is 46.0 Å². The monoisotopic (exact) mass is 242 g/mol. The van der Waals surface area contributed by atoms with Crippen molar-refractivity contribution in [1.29, 1.82) is 0 Å². The normalized spacial score (nSPS) is 24.1. The third-order valence-electron chi connectivity index (χ3n) is 3.36. The molecule has 4 nitrogen and oxygen atoms in total. The van der Waals surface area contributed by atoms with Gasteiger partial charge in [-0.2, -0.15) is 0 Å². The van der Waals surface area contributed by atoms with Crippen LogP contribution in [0.25, 0.3) is 0 Å². The SMILES string of the molecule is CC(=O)OCC[C@@H]1CCCC[C@@H]1COC(C)=O. The summed E-state index contributed by atoms with van der Waals surface area (Å²) >= 11 is 0. The Bertz CT molecular complexity index is 262. The lowest BCUT2D eigenvalue weighted by atomic mass is 9.78. The van der Waals surface area contributed by atoms with E-state index in [-0.39, 0.29) is 11.9 Å². The van der Waals surface area contributed by atoms with Crippen LogP contribution in [0.15, 0.2) is 0 Å². The van der Waals surface area contributed by atoms with E-state index in [1.54, 1.807) is 0 Å². The quantitative estimate of drug-likeness (QED) is 0.694. The number of rotatable bonds is 5. The molecule has 0 spiro atoms. The number of carbonyl (C=O) groups is 2. The molecule has 1 saturated carbocycles. The molecule has 0 saturated heterocycles.